The zero-order valence-electron chi connectivity index (χ0n) is 11.2. The average molecular weight is 425 g/mol. The summed E-state index contributed by atoms with van der Waals surface area (Å²) in [6.45, 7) is 0. The second-order valence-corrected chi connectivity index (χ2v) is 9.47. The predicted octanol–water partition coefficient (Wildman–Crippen LogP) is 5.09. The van der Waals surface area contributed by atoms with E-state index in [1.165, 1.54) is 6.42 Å². The number of hydrogen-bond donors (Lipinski definition) is 2. The van der Waals surface area contributed by atoms with Crippen molar-refractivity contribution in [3.63, 3.8) is 0 Å². The van der Waals surface area contributed by atoms with Crippen molar-refractivity contribution >= 4 is 49.2 Å². The Labute approximate surface area is 140 Å². The molecule has 3 N–H and O–H groups in total. The third kappa shape index (κ3) is 4.06. The molecule has 1 heterocycles. The van der Waals surface area contributed by atoms with Crippen LogP contribution < -0.4 is 5.73 Å². The van der Waals surface area contributed by atoms with Crippen molar-refractivity contribution < 1.29 is 9.90 Å². The highest BCUT2D eigenvalue weighted by Crippen LogP contribution is 2.47. The van der Waals surface area contributed by atoms with E-state index in [-0.39, 0.29) is 17.9 Å². The van der Waals surface area contributed by atoms with E-state index in [1.807, 2.05) is 6.07 Å². The van der Waals surface area contributed by atoms with Crippen molar-refractivity contribution in [3.05, 3.63) is 19.2 Å². The van der Waals surface area contributed by atoms with Crippen LogP contribution in [0.4, 0.5) is 0 Å². The second-order valence-electron chi connectivity index (χ2n) is 5.72. The first kappa shape index (κ1) is 16.5. The number of carboxylic acid groups (broad SMARTS) is 1. The molecule has 0 bridgehead atoms. The lowest BCUT2D eigenvalue weighted by Crippen LogP contribution is -2.31. The van der Waals surface area contributed by atoms with Gasteiger partial charge in [0, 0.05) is 6.04 Å². The number of halogens is 2. The topological polar surface area (TPSA) is 63.3 Å². The van der Waals surface area contributed by atoms with Gasteiger partial charge in [0.05, 0.1) is 14.0 Å². The molecule has 112 valence electrons. The summed E-state index contributed by atoms with van der Waals surface area (Å²) in [5.41, 5.74) is 7.32. The molecule has 3 nitrogen and oxygen atoms in total. The molecule has 0 amide bonds. The van der Waals surface area contributed by atoms with E-state index < -0.39 is 5.97 Å². The minimum atomic E-state index is -0.704. The summed E-state index contributed by atoms with van der Waals surface area (Å²) < 4.78 is 2.09. The summed E-state index contributed by atoms with van der Waals surface area (Å²) in [7, 11) is 0. The van der Waals surface area contributed by atoms with Crippen LogP contribution in [0.25, 0.3) is 0 Å². The normalized spacial score (nSPS) is 19.8. The number of hydrogen-bond acceptors (Lipinski definition) is 3. The highest BCUT2D eigenvalue weighted by Gasteiger charge is 2.36. The number of rotatable bonds is 5. The maximum atomic E-state index is 11.2. The second kappa shape index (κ2) is 6.90. The Morgan fingerprint density at radius 3 is 2.55 bits per heavy atom. The Kier molecular flexibility index (Phi) is 5.68. The van der Waals surface area contributed by atoms with Crippen LogP contribution in [0.15, 0.2) is 13.6 Å². The van der Waals surface area contributed by atoms with Crippen LogP contribution in [-0.4, -0.2) is 11.1 Å². The first-order valence-electron chi connectivity index (χ1n) is 6.84. The SMILES string of the molecule is NC(CC1(CC(=O)O)CCCCC1)c1cc(Br)sc1Br. The summed E-state index contributed by atoms with van der Waals surface area (Å²) >= 11 is 8.62. The maximum absolute atomic E-state index is 11.2. The smallest absolute Gasteiger partial charge is 0.303 e. The lowest BCUT2D eigenvalue weighted by Gasteiger charge is -2.38. The van der Waals surface area contributed by atoms with Gasteiger partial charge in [-0.3, -0.25) is 4.79 Å². The van der Waals surface area contributed by atoms with Crippen LogP contribution >= 0.6 is 43.2 Å². The van der Waals surface area contributed by atoms with Gasteiger partial charge in [-0.05, 0) is 68.2 Å². The third-order valence-corrected chi connectivity index (χ3v) is 6.56. The fourth-order valence-corrected chi connectivity index (χ4v) is 6.26. The molecule has 0 aromatic carbocycles. The molecule has 0 radical (unpaired) electrons. The average Bonchev–Trinajstić information content (AvgIpc) is 2.68. The highest BCUT2D eigenvalue weighted by atomic mass is 79.9. The number of thiophene rings is 1. The molecule has 6 heteroatoms. The molecule has 1 fully saturated rings. The Bertz CT molecular complexity index is 484. The zero-order chi connectivity index (χ0) is 14.8. The number of nitrogens with two attached hydrogens (primary N) is 1. The van der Waals surface area contributed by atoms with Crippen LogP contribution in [0.1, 0.15) is 56.6 Å². The molecule has 1 saturated carbocycles. The van der Waals surface area contributed by atoms with E-state index in [2.05, 4.69) is 31.9 Å². The van der Waals surface area contributed by atoms with Gasteiger partial charge in [-0.25, -0.2) is 0 Å². The fourth-order valence-electron chi connectivity index (χ4n) is 3.26. The van der Waals surface area contributed by atoms with E-state index in [1.54, 1.807) is 11.3 Å². The lowest BCUT2D eigenvalue weighted by atomic mass is 9.68. The van der Waals surface area contributed by atoms with Gasteiger partial charge in [0.25, 0.3) is 0 Å². The molecule has 1 aliphatic rings. The van der Waals surface area contributed by atoms with Gasteiger partial charge < -0.3 is 10.8 Å². The zero-order valence-corrected chi connectivity index (χ0v) is 15.2. The van der Waals surface area contributed by atoms with Crippen LogP contribution in [-0.2, 0) is 4.79 Å². The van der Waals surface area contributed by atoms with Gasteiger partial charge in [0.1, 0.15) is 0 Å². The Morgan fingerprint density at radius 2 is 2.05 bits per heavy atom. The molecular formula is C14H19Br2NO2S. The van der Waals surface area contributed by atoms with E-state index in [4.69, 9.17) is 5.73 Å². The lowest BCUT2D eigenvalue weighted by molar-refractivity contribution is -0.140. The first-order valence-corrected chi connectivity index (χ1v) is 9.24. The van der Waals surface area contributed by atoms with Crippen LogP contribution in [0, 0.1) is 5.41 Å². The number of aliphatic carboxylic acids is 1. The van der Waals surface area contributed by atoms with E-state index in [9.17, 15) is 9.90 Å². The Hall–Kier alpha value is 0.0900. The summed E-state index contributed by atoms with van der Waals surface area (Å²) in [5, 5.41) is 9.22. The molecule has 1 aromatic heterocycles. The van der Waals surface area contributed by atoms with E-state index >= 15 is 0 Å². The minimum Gasteiger partial charge on any atom is -0.481 e. The van der Waals surface area contributed by atoms with Crippen molar-refractivity contribution in [1.29, 1.82) is 0 Å². The van der Waals surface area contributed by atoms with Gasteiger partial charge in [-0.1, -0.05) is 19.3 Å². The summed E-state index contributed by atoms with van der Waals surface area (Å²) in [6.07, 6.45) is 6.41. The van der Waals surface area contributed by atoms with Crippen LogP contribution in [0.3, 0.4) is 0 Å². The summed E-state index contributed by atoms with van der Waals surface area (Å²) in [5.74, 6) is -0.704. The molecule has 1 aliphatic carbocycles. The van der Waals surface area contributed by atoms with E-state index in [0.717, 1.165) is 45.2 Å². The molecular weight excluding hydrogens is 406 g/mol. The quantitative estimate of drug-likeness (QED) is 0.691. The molecule has 1 unspecified atom stereocenters. The van der Waals surface area contributed by atoms with Crippen molar-refractivity contribution in [3.8, 4) is 0 Å². The molecule has 1 atom stereocenters. The van der Waals surface area contributed by atoms with Gasteiger partial charge >= 0.3 is 5.97 Å². The molecule has 20 heavy (non-hydrogen) atoms. The van der Waals surface area contributed by atoms with E-state index in [0.29, 0.717) is 0 Å². The van der Waals surface area contributed by atoms with Gasteiger partial charge in [-0.15, -0.1) is 11.3 Å². The highest BCUT2D eigenvalue weighted by molar-refractivity contribution is 9.12. The minimum absolute atomic E-state index is 0.107. The largest absolute Gasteiger partial charge is 0.481 e. The van der Waals surface area contributed by atoms with Crippen molar-refractivity contribution in [2.75, 3.05) is 0 Å². The first-order chi connectivity index (χ1) is 9.42. The molecule has 2 rings (SSSR count). The molecule has 0 aliphatic heterocycles. The molecule has 0 spiro atoms. The Balaban J connectivity index is 2.14. The molecule has 0 saturated heterocycles. The maximum Gasteiger partial charge on any atom is 0.303 e. The standard InChI is InChI=1S/C14H19Br2NO2S/c15-11-6-9(13(16)20-11)10(17)7-14(8-12(18)19)4-2-1-3-5-14/h6,10H,1-5,7-8,17H2,(H,18,19). The van der Waals surface area contributed by atoms with Gasteiger partial charge in [0.2, 0.25) is 0 Å². The fraction of sp³-hybridized carbons (Fsp3) is 0.643. The van der Waals surface area contributed by atoms with Crippen molar-refractivity contribution in [2.24, 2.45) is 11.1 Å². The van der Waals surface area contributed by atoms with Crippen LogP contribution in [0.2, 0.25) is 0 Å². The number of carboxylic acids is 1. The Morgan fingerprint density at radius 1 is 1.40 bits per heavy atom. The summed E-state index contributed by atoms with van der Waals surface area (Å²) in [4.78, 5) is 11.2. The third-order valence-electron chi connectivity index (χ3n) is 4.18. The van der Waals surface area contributed by atoms with Crippen molar-refractivity contribution in [1.82, 2.24) is 0 Å². The van der Waals surface area contributed by atoms with Gasteiger partial charge in [0.15, 0.2) is 0 Å². The van der Waals surface area contributed by atoms with Gasteiger partial charge in [-0.2, -0.15) is 0 Å². The predicted molar refractivity (Wildman–Crippen MR) is 89.0 cm³/mol. The number of carbonyl (C=O) groups is 1. The monoisotopic (exact) mass is 423 g/mol. The summed E-state index contributed by atoms with van der Waals surface area (Å²) in [6, 6.07) is 1.93. The van der Waals surface area contributed by atoms with Crippen LogP contribution in [0.5, 0.6) is 0 Å². The molecule has 1 aromatic rings. The van der Waals surface area contributed by atoms with Crippen molar-refractivity contribution in [2.45, 2.75) is 51.0 Å².